The van der Waals surface area contributed by atoms with Crippen molar-refractivity contribution in [3.05, 3.63) is 59.4 Å². The second-order valence-electron chi connectivity index (χ2n) is 4.53. The smallest absolute Gasteiger partial charge is 0.0427 e. The summed E-state index contributed by atoms with van der Waals surface area (Å²) in [5.74, 6) is 0. The normalized spacial score (nSPS) is 10.4. The number of hydrogen-bond donors (Lipinski definition) is 1. The van der Waals surface area contributed by atoms with Crippen molar-refractivity contribution in [1.82, 2.24) is 4.98 Å². The van der Waals surface area contributed by atoms with Gasteiger partial charge in [-0.05, 0) is 47.9 Å². The summed E-state index contributed by atoms with van der Waals surface area (Å²) in [6, 6.07) is 10.5. The van der Waals surface area contributed by atoms with Gasteiger partial charge in [-0.1, -0.05) is 6.07 Å². The molecular weight excluding hydrogens is 222 g/mol. The molecule has 2 rings (SSSR count). The molecule has 3 nitrogen and oxygen atoms in total. The van der Waals surface area contributed by atoms with Crippen molar-refractivity contribution < 1.29 is 0 Å². The SMILES string of the molecule is Cc1cc(N(C)Cc2ccncc2)ccc1CN. The molecule has 0 fully saturated rings. The second-order valence-corrected chi connectivity index (χ2v) is 4.53. The molecule has 0 aliphatic heterocycles. The van der Waals surface area contributed by atoms with Crippen LogP contribution in [0, 0.1) is 6.92 Å². The monoisotopic (exact) mass is 241 g/mol. The molecule has 0 amide bonds. The minimum atomic E-state index is 0.597. The van der Waals surface area contributed by atoms with Gasteiger partial charge in [0.2, 0.25) is 0 Å². The molecule has 1 aromatic heterocycles. The first-order chi connectivity index (χ1) is 8.70. The molecule has 18 heavy (non-hydrogen) atoms. The van der Waals surface area contributed by atoms with Crippen LogP contribution in [0.3, 0.4) is 0 Å². The second kappa shape index (κ2) is 5.65. The number of aryl methyl sites for hydroxylation is 1. The Hall–Kier alpha value is -1.87. The van der Waals surface area contributed by atoms with Gasteiger partial charge in [0.05, 0.1) is 0 Å². The standard InChI is InChI=1S/C15H19N3/c1-12-9-15(4-3-14(12)10-16)18(2)11-13-5-7-17-8-6-13/h3-9H,10-11,16H2,1-2H3. The molecule has 0 bridgehead atoms. The third-order valence-electron chi connectivity index (χ3n) is 3.16. The Kier molecular flexibility index (Phi) is 3.95. The fourth-order valence-electron chi connectivity index (χ4n) is 2.00. The molecule has 0 saturated heterocycles. The van der Waals surface area contributed by atoms with E-state index in [1.807, 2.05) is 24.5 Å². The molecule has 0 saturated carbocycles. The molecule has 1 heterocycles. The maximum absolute atomic E-state index is 5.68. The summed E-state index contributed by atoms with van der Waals surface area (Å²) in [6.07, 6.45) is 3.65. The van der Waals surface area contributed by atoms with E-state index in [0.717, 1.165) is 6.54 Å². The largest absolute Gasteiger partial charge is 0.370 e. The van der Waals surface area contributed by atoms with Gasteiger partial charge in [-0.15, -0.1) is 0 Å². The van der Waals surface area contributed by atoms with Gasteiger partial charge in [0.15, 0.2) is 0 Å². The zero-order chi connectivity index (χ0) is 13.0. The molecule has 2 aromatic rings. The first kappa shape index (κ1) is 12.6. The summed E-state index contributed by atoms with van der Waals surface area (Å²) >= 11 is 0. The molecule has 2 N–H and O–H groups in total. The molecule has 1 aromatic carbocycles. The number of rotatable bonds is 4. The van der Waals surface area contributed by atoms with Gasteiger partial charge in [-0.25, -0.2) is 0 Å². The maximum atomic E-state index is 5.68. The topological polar surface area (TPSA) is 42.2 Å². The third-order valence-corrected chi connectivity index (χ3v) is 3.16. The average molecular weight is 241 g/mol. The van der Waals surface area contributed by atoms with Crippen LogP contribution in [0.1, 0.15) is 16.7 Å². The maximum Gasteiger partial charge on any atom is 0.0427 e. The molecule has 0 aliphatic rings. The molecule has 0 unspecified atom stereocenters. The summed E-state index contributed by atoms with van der Waals surface area (Å²) in [5.41, 5.74) is 10.6. The van der Waals surface area contributed by atoms with Gasteiger partial charge >= 0.3 is 0 Å². The van der Waals surface area contributed by atoms with Gasteiger partial charge in [0.1, 0.15) is 0 Å². The first-order valence-electron chi connectivity index (χ1n) is 6.10. The Morgan fingerprint density at radius 1 is 1.17 bits per heavy atom. The Labute approximate surface area is 108 Å². The van der Waals surface area contributed by atoms with E-state index in [2.05, 4.69) is 42.1 Å². The minimum absolute atomic E-state index is 0.597. The summed E-state index contributed by atoms with van der Waals surface area (Å²) in [4.78, 5) is 6.25. The van der Waals surface area contributed by atoms with E-state index in [4.69, 9.17) is 5.73 Å². The Bertz CT molecular complexity index is 508. The van der Waals surface area contributed by atoms with Crippen molar-refractivity contribution in [2.45, 2.75) is 20.0 Å². The predicted molar refractivity (Wildman–Crippen MR) is 75.4 cm³/mol. The molecule has 0 spiro atoms. The summed E-state index contributed by atoms with van der Waals surface area (Å²) in [6.45, 7) is 3.58. The van der Waals surface area contributed by atoms with E-state index >= 15 is 0 Å². The lowest BCUT2D eigenvalue weighted by atomic mass is 10.1. The zero-order valence-corrected chi connectivity index (χ0v) is 10.9. The van der Waals surface area contributed by atoms with Crippen molar-refractivity contribution in [2.24, 2.45) is 5.73 Å². The fourth-order valence-corrected chi connectivity index (χ4v) is 2.00. The number of pyridine rings is 1. The van der Waals surface area contributed by atoms with Crippen molar-refractivity contribution in [3.8, 4) is 0 Å². The van der Waals surface area contributed by atoms with Crippen molar-refractivity contribution in [1.29, 1.82) is 0 Å². The van der Waals surface area contributed by atoms with E-state index in [0.29, 0.717) is 6.54 Å². The van der Waals surface area contributed by atoms with Crippen LogP contribution in [0.5, 0.6) is 0 Å². The highest BCUT2D eigenvalue weighted by Crippen LogP contribution is 2.19. The lowest BCUT2D eigenvalue weighted by Crippen LogP contribution is -2.16. The lowest BCUT2D eigenvalue weighted by Gasteiger charge is -2.20. The van der Waals surface area contributed by atoms with Crippen LogP contribution >= 0.6 is 0 Å². The van der Waals surface area contributed by atoms with Crippen LogP contribution in [-0.4, -0.2) is 12.0 Å². The highest BCUT2D eigenvalue weighted by Gasteiger charge is 2.04. The van der Waals surface area contributed by atoms with Gasteiger partial charge in [-0.2, -0.15) is 0 Å². The van der Waals surface area contributed by atoms with Gasteiger partial charge < -0.3 is 10.6 Å². The number of nitrogens with zero attached hydrogens (tertiary/aromatic N) is 2. The molecule has 0 aliphatic carbocycles. The Morgan fingerprint density at radius 2 is 1.89 bits per heavy atom. The van der Waals surface area contributed by atoms with Gasteiger partial charge in [-0.3, -0.25) is 4.98 Å². The highest BCUT2D eigenvalue weighted by atomic mass is 15.1. The zero-order valence-electron chi connectivity index (χ0n) is 10.9. The van der Waals surface area contributed by atoms with Crippen LogP contribution in [-0.2, 0) is 13.1 Å². The van der Waals surface area contributed by atoms with Crippen LogP contribution in [0.25, 0.3) is 0 Å². The van der Waals surface area contributed by atoms with E-state index in [1.54, 1.807) is 0 Å². The minimum Gasteiger partial charge on any atom is -0.370 e. The van der Waals surface area contributed by atoms with Crippen LogP contribution in [0.4, 0.5) is 5.69 Å². The van der Waals surface area contributed by atoms with Crippen molar-refractivity contribution >= 4 is 5.69 Å². The molecular formula is C15H19N3. The predicted octanol–water partition coefficient (Wildman–Crippen LogP) is 2.49. The number of hydrogen-bond acceptors (Lipinski definition) is 3. The van der Waals surface area contributed by atoms with E-state index < -0.39 is 0 Å². The summed E-state index contributed by atoms with van der Waals surface area (Å²) < 4.78 is 0. The molecule has 3 heteroatoms. The molecule has 94 valence electrons. The average Bonchev–Trinajstić information content (AvgIpc) is 2.39. The molecule has 0 atom stereocenters. The van der Waals surface area contributed by atoms with Gasteiger partial charge in [0, 0.05) is 38.2 Å². The van der Waals surface area contributed by atoms with E-state index in [9.17, 15) is 0 Å². The van der Waals surface area contributed by atoms with Crippen molar-refractivity contribution in [2.75, 3.05) is 11.9 Å². The lowest BCUT2D eigenvalue weighted by molar-refractivity contribution is 0.916. The van der Waals surface area contributed by atoms with Crippen molar-refractivity contribution in [3.63, 3.8) is 0 Å². The molecule has 0 radical (unpaired) electrons. The van der Waals surface area contributed by atoms with E-state index in [1.165, 1.54) is 22.4 Å². The number of aromatic nitrogens is 1. The van der Waals surface area contributed by atoms with E-state index in [-0.39, 0.29) is 0 Å². The van der Waals surface area contributed by atoms with Crippen LogP contribution in [0.15, 0.2) is 42.7 Å². The summed E-state index contributed by atoms with van der Waals surface area (Å²) in [7, 11) is 2.09. The van der Waals surface area contributed by atoms with Crippen LogP contribution < -0.4 is 10.6 Å². The first-order valence-corrected chi connectivity index (χ1v) is 6.10. The number of benzene rings is 1. The number of nitrogens with two attached hydrogens (primary N) is 1. The third kappa shape index (κ3) is 2.87. The fraction of sp³-hybridized carbons (Fsp3) is 0.267. The Balaban J connectivity index is 2.14. The van der Waals surface area contributed by atoms with Crippen LogP contribution in [0.2, 0.25) is 0 Å². The van der Waals surface area contributed by atoms with Gasteiger partial charge in [0.25, 0.3) is 0 Å². The highest BCUT2D eigenvalue weighted by molar-refractivity contribution is 5.50. The number of anilines is 1. The quantitative estimate of drug-likeness (QED) is 0.894. The summed E-state index contributed by atoms with van der Waals surface area (Å²) in [5, 5.41) is 0. The Morgan fingerprint density at radius 3 is 2.50 bits per heavy atom.